The molecule has 0 aromatic heterocycles. The molecule has 2 aromatic carbocycles. The number of anilines is 3. The average Bonchev–Trinajstić information content (AvgIpc) is 2.61. The molecule has 0 atom stereocenters. The molecule has 26 heavy (non-hydrogen) atoms. The van der Waals surface area contributed by atoms with Crippen LogP contribution in [0, 0.1) is 10.1 Å². The van der Waals surface area contributed by atoms with Crippen LogP contribution in [0.2, 0.25) is 0 Å². The number of nitro benzene ring substituents is 1. The SMILES string of the molecule is COc1ccc([N+](=O)[O-])cc1NC(=O)Nc1ccc(N(C)C(C)=O)cc1. The number of ether oxygens (including phenoxy) is 1. The summed E-state index contributed by atoms with van der Waals surface area (Å²) in [6.45, 7) is 1.45. The lowest BCUT2D eigenvalue weighted by Gasteiger charge is -2.15. The van der Waals surface area contributed by atoms with E-state index in [1.54, 1.807) is 31.3 Å². The number of carbonyl (C=O) groups excluding carboxylic acids is 2. The Bertz CT molecular complexity index is 836. The van der Waals surface area contributed by atoms with Crippen molar-refractivity contribution in [1.29, 1.82) is 0 Å². The minimum Gasteiger partial charge on any atom is -0.495 e. The number of nitro groups is 1. The van der Waals surface area contributed by atoms with Crippen LogP contribution in [0.15, 0.2) is 42.5 Å². The number of non-ortho nitro benzene ring substituents is 1. The van der Waals surface area contributed by atoms with E-state index in [2.05, 4.69) is 10.6 Å². The van der Waals surface area contributed by atoms with Gasteiger partial charge in [0, 0.05) is 37.5 Å². The van der Waals surface area contributed by atoms with Crippen LogP contribution in [0.4, 0.5) is 27.5 Å². The monoisotopic (exact) mass is 358 g/mol. The number of urea groups is 1. The van der Waals surface area contributed by atoms with Crippen molar-refractivity contribution >= 4 is 34.7 Å². The highest BCUT2D eigenvalue weighted by Gasteiger charge is 2.14. The summed E-state index contributed by atoms with van der Waals surface area (Å²) in [6, 6.07) is 9.96. The predicted molar refractivity (Wildman–Crippen MR) is 97.8 cm³/mol. The molecule has 9 heteroatoms. The maximum absolute atomic E-state index is 12.1. The van der Waals surface area contributed by atoms with Crippen LogP contribution in [-0.2, 0) is 4.79 Å². The second-order valence-electron chi connectivity index (χ2n) is 5.35. The first-order valence-electron chi connectivity index (χ1n) is 7.56. The zero-order valence-corrected chi connectivity index (χ0v) is 14.5. The van der Waals surface area contributed by atoms with E-state index < -0.39 is 11.0 Å². The normalized spacial score (nSPS) is 9.96. The Morgan fingerprint density at radius 3 is 2.31 bits per heavy atom. The quantitative estimate of drug-likeness (QED) is 0.629. The van der Waals surface area contributed by atoms with Crippen LogP contribution in [0.3, 0.4) is 0 Å². The smallest absolute Gasteiger partial charge is 0.323 e. The van der Waals surface area contributed by atoms with Gasteiger partial charge in [0.05, 0.1) is 17.7 Å². The Balaban J connectivity index is 2.10. The summed E-state index contributed by atoms with van der Waals surface area (Å²) in [5.74, 6) is 0.186. The Hall–Kier alpha value is -3.62. The van der Waals surface area contributed by atoms with Gasteiger partial charge in [-0.25, -0.2) is 4.79 Å². The third-order valence-electron chi connectivity index (χ3n) is 3.63. The first-order valence-corrected chi connectivity index (χ1v) is 7.56. The highest BCUT2D eigenvalue weighted by atomic mass is 16.6. The Labute approximate surface area is 149 Å². The first-order chi connectivity index (χ1) is 12.3. The number of rotatable bonds is 5. The Morgan fingerprint density at radius 2 is 1.77 bits per heavy atom. The second kappa shape index (κ2) is 7.97. The molecular formula is C17H18N4O5. The van der Waals surface area contributed by atoms with E-state index in [9.17, 15) is 19.7 Å². The number of methoxy groups -OCH3 is 1. The van der Waals surface area contributed by atoms with Gasteiger partial charge in [0.25, 0.3) is 5.69 Å². The molecule has 0 unspecified atom stereocenters. The summed E-state index contributed by atoms with van der Waals surface area (Å²) >= 11 is 0. The molecule has 0 aliphatic rings. The molecule has 0 saturated heterocycles. The van der Waals surface area contributed by atoms with Crippen molar-refractivity contribution in [1.82, 2.24) is 0 Å². The third-order valence-corrected chi connectivity index (χ3v) is 3.63. The van der Waals surface area contributed by atoms with Gasteiger partial charge in [-0.2, -0.15) is 0 Å². The van der Waals surface area contributed by atoms with Crippen LogP contribution in [0.25, 0.3) is 0 Å². The largest absolute Gasteiger partial charge is 0.495 e. The fourth-order valence-corrected chi connectivity index (χ4v) is 2.14. The fourth-order valence-electron chi connectivity index (χ4n) is 2.14. The highest BCUT2D eigenvalue weighted by Crippen LogP contribution is 2.29. The van der Waals surface area contributed by atoms with Crippen molar-refractivity contribution in [3.8, 4) is 5.75 Å². The van der Waals surface area contributed by atoms with Gasteiger partial charge in [0.1, 0.15) is 5.75 Å². The van der Waals surface area contributed by atoms with E-state index in [1.165, 1.54) is 37.1 Å². The van der Waals surface area contributed by atoms with Crippen molar-refractivity contribution in [2.24, 2.45) is 0 Å². The number of benzene rings is 2. The Morgan fingerprint density at radius 1 is 1.12 bits per heavy atom. The van der Waals surface area contributed by atoms with E-state index in [1.807, 2.05) is 0 Å². The molecule has 0 spiro atoms. The van der Waals surface area contributed by atoms with E-state index >= 15 is 0 Å². The van der Waals surface area contributed by atoms with Gasteiger partial charge in [-0.1, -0.05) is 0 Å². The van der Waals surface area contributed by atoms with Gasteiger partial charge in [-0.05, 0) is 30.3 Å². The molecule has 0 aliphatic heterocycles. The molecular weight excluding hydrogens is 340 g/mol. The van der Waals surface area contributed by atoms with E-state index in [-0.39, 0.29) is 17.3 Å². The maximum Gasteiger partial charge on any atom is 0.323 e. The first kappa shape index (κ1) is 18.7. The zero-order chi connectivity index (χ0) is 19.3. The predicted octanol–water partition coefficient (Wildman–Crippen LogP) is 3.23. The summed E-state index contributed by atoms with van der Waals surface area (Å²) in [7, 11) is 3.04. The zero-order valence-electron chi connectivity index (χ0n) is 14.5. The lowest BCUT2D eigenvalue weighted by Crippen LogP contribution is -2.23. The van der Waals surface area contributed by atoms with Crippen LogP contribution >= 0.6 is 0 Å². The van der Waals surface area contributed by atoms with E-state index in [4.69, 9.17) is 4.74 Å². The van der Waals surface area contributed by atoms with Crippen LogP contribution in [0.5, 0.6) is 5.75 Å². The maximum atomic E-state index is 12.1. The molecule has 0 heterocycles. The molecule has 3 amide bonds. The van der Waals surface area contributed by atoms with Gasteiger partial charge >= 0.3 is 6.03 Å². The number of nitrogens with zero attached hydrogens (tertiary/aromatic N) is 2. The third kappa shape index (κ3) is 4.47. The molecule has 2 rings (SSSR count). The minimum absolute atomic E-state index is 0.110. The molecule has 0 fully saturated rings. The number of carbonyl (C=O) groups is 2. The average molecular weight is 358 g/mol. The van der Waals surface area contributed by atoms with Crippen molar-refractivity contribution < 1.29 is 19.2 Å². The number of hydrogen-bond acceptors (Lipinski definition) is 5. The van der Waals surface area contributed by atoms with Crippen LogP contribution in [-0.4, -0.2) is 31.0 Å². The number of hydrogen-bond donors (Lipinski definition) is 2. The summed E-state index contributed by atoms with van der Waals surface area (Å²) in [6.07, 6.45) is 0. The van der Waals surface area contributed by atoms with Crippen molar-refractivity contribution in [2.75, 3.05) is 29.7 Å². The van der Waals surface area contributed by atoms with Gasteiger partial charge in [-0.15, -0.1) is 0 Å². The summed E-state index contributed by atoms with van der Waals surface area (Å²) < 4.78 is 5.09. The van der Waals surface area contributed by atoms with Gasteiger partial charge in [-0.3, -0.25) is 14.9 Å². The van der Waals surface area contributed by atoms with Crippen molar-refractivity contribution in [2.45, 2.75) is 6.92 Å². The molecule has 2 aromatic rings. The molecule has 0 radical (unpaired) electrons. The molecule has 9 nitrogen and oxygen atoms in total. The molecule has 136 valence electrons. The summed E-state index contributed by atoms with van der Waals surface area (Å²) in [5.41, 5.74) is 1.18. The molecule has 2 N–H and O–H groups in total. The fraction of sp³-hybridized carbons (Fsp3) is 0.176. The van der Waals surface area contributed by atoms with E-state index in [0.717, 1.165) is 0 Å². The van der Waals surface area contributed by atoms with E-state index in [0.29, 0.717) is 17.1 Å². The number of amides is 3. The summed E-state index contributed by atoms with van der Waals surface area (Å²) in [4.78, 5) is 35.3. The van der Waals surface area contributed by atoms with Gasteiger partial charge in [0.15, 0.2) is 0 Å². The Kier molecular flexibility index (Phi) is 5.74. The highest BCUT2D eigenvalue weighted by molar-refractivity contribution is 6.01. The van der Waals surface area contributed by atoms with Crippen molar-refractivity contribution in [3.05, 3.63) is 52.6 Å². The molecule has 0 bridgehead atoms. The summed E-state index contributed by atoms with van der Waals surface area (Å²) in [5, 5.41) is 16.0. The molecule has 0 aliphatic carbocycles. The lowest BCUT2D eigenvalue weighted by molar-refractivity contribution is -0.384. The lowest BCUT2D eigenvalue weighted by atomic mass is 10.2. The standard InChI is InChI=1S/C17H18N4O5/c1-11(22)20(2)13-6-4-12(5-7-13)18-17(23)19-15-10-14(21(24)25)8-9-16(15)26-3/h4-10H,1-3H3,(H2,18,19,23). The van der Waals surface area contributed by atoms with Crippen LogP contribution in [0.1, 0.15) is 6.92 Å². The topological polar surface area (TPSA) is 114 Å². The second-order valence-corrected chi connectivity index (χ2v) is 5.35. The molecule has 0 saturated carbocycles. The van der Waals surface area contributed by atoms with Crippen molar-refractivity contribution in [3.63, 3.8) is 0 Å². The minimum atomic E-state index is -0.587. The van der Waals surface area contributed by atoms with Gasteiger partial charge < -0.3 is 20.3 Å². The number of nitrogens with one attached hydrogen (secondary N) is 2. The van der Waals surface area contributed by atoms with Gasteiger partial charge in [0.2, 0.25) is 5.91 Å². The van der Waals surface area contributed by atoms with Crippen LogP contribution < -0.4 is 20.3 Å².